The van der Waals surface area contributed by atoms with Crippen molar-refractivity contribution in [1.29, 1.82) is 0 Å². The van der Waals surface area contributed by atoms with Gasteiger partial charge >= 0.3 is 5.97 Å². The lowest BCUT2D eigenvalue weighted by Crippen LogP contribution is -2.28. The number of aliphatic hydroxyl groups is 1. The number of methoxy groups -OCH3 is 1. The summed E-state index contributed by atoms with van der Waals surface area (Å²) in [6, 6.07) is 21.6. The van der Waals surface area contributed by atoms with E-state index < -0.39 is 6.10 Å². The van der Waals surface area contributed by atoms with E-state index in [-0.39, 0.29) is 18.4 Å². The average molecular weight is 415 g/mol. The SMILES string of the molecule is Bc1ccc(Oc2cccc(CC(=O)OC)c2)c(CN[C@H]2c3ccccc3C[C@H]2O)c1. The van der Waals surface area contributed by atoms with Crippen LogP contribution in [0.4, 0.5) is 0 Å². The van der Waals surface area contributed by atoms with Gasteiger partial charge in [-0.1, -0.05) is 54.0 Å². The molecule has 0 unspecified atom stereocenters. The highest BCUT2D eigenvalue weighted by molar-refractivity contribution is 6.32. The normalized spacial score (nSPS) is 17.2. The Morgan fingerprint density at radius 2 is 1.97 bits per heavy atom. The molecule has 5 nitrogen and oxygen atoms in total. The van der Waals surface area contributed by atoms with Crippen molar-refractivity contribution in [1.82, 2.24) is 5.32 Å². The summed E-state index contributed by atoms with van der Waals surface area (Å²) in [6.07, 6.45) is 0.425. The molecule has 0 heterocycles. The lowest BCUT2D eigenvalue weighted by atomic mass is 9.94. The Hall–Kier alpha value is -3.09. The summed E-state index contributed by atoms with van der Waals surface area (Å²) >= 11 is 0. The van der Waals surface area contributed by atoms with E-state index in [0.717, 1.165) is 27.9 Å². The second-order valence-electron chi connectivity index (χ2n) is 7.94. The summed E-state index contributed by atoms with van der Waals surface area (Å²) in [4.78, 5) is 11.6. The van der Waals surface area contributed by atoms with E-state index in [9.17, 15) is 9.90 Å². The van der Waals surface area contributed by atoms with Crippen LogP contribution in [0.1, 0.15) is 28.3 Å². The number of benzene rings is 3. The van der Waals surface area contributed by atoms with Crippen LogP contribution >= 0.6 is 0 Å². The van der Waals surface area contributed by atoms with Crippen LogP contribution in [0, 0.1) is 0 Å². The maximum atomic E-state index is 11.6. The van der Waals surface area contributed by atoms with Crippen molar-refractivity contribution in [2.75, 3.05) is 7.11 Å². The minimum Gasteiger partial charge on any atom is -0.469 e. The fourth-order valence-corrected chi connectivity index (χ4v) is 4.07. The largest absolute Gasteiger partial charge is 0.469 e. The molecule has 0 amide bonds. The molecule has 3 aromatic carbocycles. The van der Waals surface area contributed by atoms with Crippen molar-refractivity contribution in [3.05, 3.63) is 89.0 Å². The Morgan fingerprint density at radius 3 is 2.81 bits per heavy atom. The molecular weight excluding hydrogens is 389 g/mol. The molecule has 1 aliphatic rings. The monoisotopic (exact) mass is 415 g/mol. The molecule has 0 saturated carbocycles. The van der Waals surface area contributed by atoms with Gasteiger partial charge in [0.1, 0.15) is 19.3 Å². The van der Waals surface area contributed by atoms with E-state index in [0.29, 0.717) is 18.7 Å². The predicted molar refractivity (Wildman–Crippen MR) is 123 cm³/mol. The third-order valence-electron chi connectivity index (χ3n) is 5.63. The average Bonchev–Trinajstić information content (AvgIpc) is 3.09. The first kappa shape index (κ1) is 21.2. The van der Waals surface area contributed by atoms with Crippen LogP contribution in [-0.4, -0.2) is 32.1 Å². The van der Waals surface area contributed by atoms with Crippen LogP contribution in [0.25, 0.3) is 0 Å². The van der Waals surface area contributed by atoms with Gasteiger partial charge in [0.05, 0.1) is 25.7 Å². The molecule has 0 aromatic heterocycles. The number of nitrogens with one attached hydrogen (secondary N) is 1. The summed E-state index contributed by atoms with van der Waals surface area (Å²) in [6.45, 7) is 0.564. The third kappa shape index (κ3) is 4.98. The van der Waals surface area contributed by atoms with Crippen LogP contribution in [0.3, 0.4) is 0 Å². The van der Waals surface area contributed by atoms with Crippen molar-refractivity contribution in [2.45, 2.75) is 31.5 Å². The van der Waals surface area contributed by atoms with Crippen LogP contribution in [0.15, 0.2) is 66.7 Å². The smallest absolute Gasteiger partial charge is 0.309 e. The molecule has 3 aromatic rings. The molecule has 0 fully saturated rings. The molecule has 0 saturated heterocycles. The minimum atomic E-state index is -0.443. The number of hydrogen-bond acceptors (Lipinski definition) is 5. The van der Waals surface area contributed by atoms with E-state index in [1.165, 1.54) is 12.7 Å². The van der Waals surface area contributed by atoms with Crippen molar-refractivity contribution in [3.63, 3.8) is 0 Å². The summed E-state index contributed by atoms with van der Waals surface area (Å²) in [5.74, 6) is 1.12. The zero-order valence-electron chi connectivity index (χ0n) is 17.8. The van der Waals surface area contributed by atoms with Crippen molar-refractivity contribution in [3.8, 4) is 11.5 Å². The van der Waals surface area contributed by atoms with E-state index >= 15 is 0 Å². The number of aliphatic hydroxyl groups excluding tert-OH is 1. The van der Waals surface area contributed by atoms with Crippen LogP contribution in [-0.2, 0) is 28.9 Å². The topological polar surface area (TPSA) is 67.8 Å². The van der Waals surface area contributed by atoms with Crippen molar-refractivity contribution >= 4 is 19.3 Å². The van der Waals surface area contributed by atoms with E-state index in [1.807, 2.05) is 56.4 Å². The quantitative estimate of drug-likeness (QED) is 0.458. The van der Waals surface area contributed by atoms with Gasteiger partial charge in [-0.2, -0.15) is 0 Å². The number of hydrogen-bond donors (Lipinski definition) is 2. The third-order valence-corrected chi connectivity index (χ3v) is 5.63. The van der Waals surface area contributed by atoms with Crippen LogP contribution < -0.4 is 15.5 Å². The lowest BCUT2D eigenvalue weighted by Gasteiger charge is -2.20. The Bertz CT molecular complexity index is 1080. The first-order chi connectivity index (χ1) is 15.0. The molecule has 0 aliphatic heterocycles. The number of carbonyl (C=O) groups excluding carboxylic acids is 1. The summed E-state index contributed by atoms with van der Waals surface area (Å²) in [5, 5.41) is 14.0. The van der Waals surface area contributed by atoms with Gasteiger partial charge in [0.25, 0.3) is 0 Å². The maximum absolute atomic E-state index is 11.6. The van der Waals surface area contributed by atoms with Crippen molar-refractivity contribution < 1.29 is 19.4 Å². The molecule has 0 radical (unpaired) electrons. The van der Waals surface area contributed by atoms with Gasteiger partial charge in [-0.05, 0) is 34.9 Å². The van der Waals surface area contributed by atoms with Gasteiger partial charge in [0, 0.05) is 18.5 Å². The molecule has 1 aliphatic carbocycles. The second kappa shape index (κ2) is 9.37. The van der Waals surface area contributed by atoms with Gasteiger partial charge in [0.2, 0.25) is 0 Å². The van der Waals surface area contributed by atoms with Crippen LogP contribution in [0.2, 0.25) is 0 Å². The lowest BCUT2D eigenvalue weighted by molar-refractivity contribution is -0.139. The van der Waals surface area contributed by atoms with Gasteiger partial charge < -0.3 is 19.9 Å². The molecule has 6 heteroatoms. The first-order valence-electron chi connectivity index (χ1n) is 10.5. The highest BCUT2D eigenvalue weighted by Crippen LogP contribution is 2.32. The Labute approximate surface area is 183 Å². The summed E-state index contributed by atoms with van der Waals surface area (Å²) < 4.78 is 10.9. The number of rotatable bonds is 7. The molecule has 4 rings (SSSR count). The van der Waals surface area contributed by atoms with E-state index in [1.54, 1.807) is 0 Å². The Balaban J connectivity index is 1.51. The number of fused-ring (bicyclic) bond motifs is 1. The van der Waals surface area contributed by atoms with Crippen molar-refractivity contribution in [2.24, 2.45) is 0 Å². The summed E-state index contributed by atoms with van der Waals surface area (Å²) in [7, 11) is 3.43. The van der Waals surface area contributed by atoms with Crippen LogP contribution in [0.5, 0.6) is 11.5 Å². The fraction of sp³-hybridized carbons (Fsp3) is 0.240. The molecule has 2 atom stereocenters. The zero-order valence-corrected chi connectivity index (χ0v) is 17.8. The first-order valence-corrected chi connectivity index (χ1v) is 10.5. The van der Waals surface area contributed by atoms with Gasteiger partial charge in [-0.3, -0.25) is 4.79 Å². The standard InChI is InChI=1S/C25H26BNO4/c1-30-24(29)12-16-5-4-7-20(11-16)31-23-10-9-19(26)13-18(23)15-27-25-21-8-3-2-6-17(21)14-22(25)28/h2-11,13,22,25,27-28H,12,14-15,26H2,1H3/t22-,25+/m1/s1. The fourth-order valence-electron chi connectivity index (χ4n) is 4.07. The molecule has 0 spiro atoms. The second-order valence-corrected chi connectivity index (χ2v) is 7.94. The molecule has 2 N–H and O–H groups in total. The minimum absolute atomic E-state index is 0.104. The molecule has 158 valence electrons. The Kier molecular flexibility index (Phi) is 6.40. The highest BCUT2D eigenvalue weighted by Gasteiger charge is 2.30. The van der Waals surface area contributed by atoms with E-state index in [2.05, 4.69) is 23.5 Å². The highest BCUT2D eigenvalue weighted by atomic mass is 16.5. The molecule has 31 heavy (non-hydrogen) atoms. The Morgan fingerprint density at radius 1 is 1.13 bits per heavy atom. The molecule has 0 bridgehead atoms. The predicted octanol–water partition coefficient (Wildman–Crippen LogP) is 2.20. The van der Waals surface area contributed by atoms with E-state index in [4.69, 9.17) is 9.47 Å². The zero-order chi connectivity index (χ0) is 21.8. The van der Waals surface area contributed by atoms with Gasteiger partial charge in [-0.25, -0.2) is 0 Å². The molecular formula is C25H26BNO4. The van der Waals surface area contributed by atoms with Gasteiger partial charge in [0.15, 0.2) is 0 Å². The summed E-state index contributed by atoms with van der Waals surface area (Å²) in [5.41, 5.74) is 5.32. The number of carbonyl (C=O) groups is 1. The van der Waals surface area contributed by atoms with Gasteiger partial charge in [-0.15, -0.1) is 0 Å². The number of esters is 1. The maximum Gasteiger partial charge on any atom is 0.309 e. The number of ether oxygens (including phenoxy) is 2.